The van der Waals surface area contributed by atoms with Crippen LogP contribution in [0.4, 0.5) is 0 Å². The maximum absolute atomic E-state index is 12.5. The number of amides is 1. The fourth-order valence-electron chi connectivity index (χ4n) is 4.34. The maximum atomic E-state index is 12.5. The molecule has 23 heavy (non-hydrogen) atoms. The fourth-order valence-corrected chi connectivity index (χ4v) is 4.34. The maximum Gasteiger partial charge on any atom is 0.250 e. The van der Waals surface area contributed by atoms with Crippen LogP contribution in [0.3, 0.4) is 0 Å². The molecule has 2 aliphatic heterocycles. The number of nitrogens with zero attached hydrogens (tertiary/aromatic N) is 2. The lowest BCUT2D eigenvalue weighted by atomic mass is 9.92. The van der Waals surface area contributed by atoms with E-state index in [0.29, 0.717) is 12.6 Å². The summed E-state index contributed by atoms with van der Waals surface area (Å²) in [6.07, 6.45) is 8.87. The first-order valence-electron chi connectivity index (χ1n) is 9.64. The Bertz CT molecular complexity index is 384. The van der Waals surface area contributed by atoms with E-state index in [0.717, 1.165) is 38.6 Å². The van der Waals surface area contributed by atoms with E-state index in [9.17, 15) is 4.79 Å². The number of nitrogens with one attached hydrogen (secondary N) is 1. The first-order valence-corrected chi connectivity index (χ1v) is 9.64. The van der Waals surface area contributed by atoms with Gasteiger partial charge in [-0.15, -0.1) is 0 Å². The van der Waals surface area contributed by atoms with Crippen LogP contribution in [-0.4, -0.2) is 73.2 Å². The summed E-state index contributed by atoms with van der Waals surface area (Å²) in [5.41, 5.74) is 0. The van der Waals surface area contributed by atoms with Crippen molar-refractivity contribution in [3.8, 4) is 0 Å². The summed E-state index contributed by atoms with van der Waals surface area (Å²) in [4.78, 5) is 17.5. The second-order valence-electron chi connectivity index (χ2n) is 7.39. The van der Waals surface area contributed by atoms with Crippen LogP contribution in [0, 0.1) is 0 Å². The number of carbonyl (C=O) groups excluding carboxylic acids is 1. The van der Waals surface area contributed by atoms with Gasteiger partial charge in [0.15, 0.2) is 0 Å². The molecule has 0 radical (unpaired) electrons. The summed E-state index contributed by atoms with van der Waals surface area (Å²) in [5.74, 6) is 0.0960. The van der Waals surface area contributed by atoms with Crippen LogP contribution in [0.15, 0.2) is 0 Å². The van der Waals surface area contributed by atoms with Gasteiger partial charge in [-0.25, -0.2) is 0 Å². The molecule has 0 spiro atoms. The van der Waals surface area contributed by atoms with E-state index >= 15 is 0 Å². The molecule has 5 nitrogen and oxygen atoms in total. The third-order valence-electron chi connectivity index (χ3n) is 5.78. The van der Waals surface area contributed by atoms with Gasteiger partial charge in [0.2, 0.25) is 0 Å². The molecule has 3 rings (SSSR count). The van der Waals surface area contributed by atoms with E-state index < -0.39 is 0 Å². The van der Waals surface area contributed by atoms with Crippen molar-refractivity contribution in [3.63, 3.8) is 0 Å². The third-order valence-corrected chi connectivity index (χ3v) is 5.78. The Kier molecular flexibility index (Phi) is 6.31. The molecule has 3 aliphatic rings. The Morgan fingerprint density at radius 3 is 2.70 bits per heavy atom. The van der Waals surface area contributed by atoms with Crippen LogP contribution in [0.1, 0.15) is 51.9 Å². The molecule has 3 fully saturated rings. The van der Waals surface area contributed by atoms with Gasteiger partial charge >= 0.3 is 0 Å². The minimum atomic E-state index is -0.284. The van der Waals surface area contributed by atoms with Gasteiger partial charge < -0.3 is 10.1 Å². The standard InChI is InChI=1S/C18H33N3O2/c1-2-20-11-12-23-17(14-20)18(22)19-15-7-6-10-21(13-15)16-8-4-3-5-9-16/h15-17H,2-14H2,1H3,(H,19,22). The Labute approximate surface area is 140 Å². The molecule has 132 valence electrons. The highest BCUT2D eigenvalue weighted by Gasteiger charge is 2.31. The summed E-state index contributed by atoms with van der Waals surface area (Å²) >= 11 is 0. The molecule has 5 heteroatoms. The number of likely N-dealkylation sites (tertiary alicyclic amines) is 1. The van der Waals surface area contributed by atoms with Crippen LogP contribution < -0.4 is 5.32 Å². The van der Waals surface area contributed by atoms with Crippen LogP contribution in [0.25, 0.3) is 0 Å². The van der Waals surface area contributed by atoms with Crippen LogP contribution >= 0.6 is 0 Å². The van der Waals surface area contributed by atoms with Gasteiger partial charge in [0.1, 0.15) is 6.10 Å². The summed E-state index contributed by atoms with van der Waals surface area (Å²) < 4.78 is 5.69. The zero-order valence-corrected chi connectivity index (χ0v) is 14.6. The average molecular weight is 323 g/mol. The zero-order chi connectivity index (χ0) is 16.1. The molecule has 0 aromatic heterocycles. The van der Waals surface area contributed by atoms with Gasteiger partial charge in [0, 0.05) is 31.7 Å². The number of carbonyl (C=O) groups is 1. The molecular weight excluding hydrogens is 290 g/mol. The van der Waals surface area contributed by atoms with Crippen molar-refractivity contribution in [2.75, 3.05) is 39.3 Å². The molecule has 1 aliphatic carbocycles. The smallest absolute Gasteiger partial charge is 0.250 e. The number of hydrogen-bond donors (Lipinski definition) is 1. The summed E-state index contributed by atoms with van der Waals surface area (Å²) in [7, 11) is 0. The van der Waals surface area contributed by atoms with Crippen molar-refractivity contribution in [3.05, 3.63) is 0 Å². The van der Waals surface area contributed by atoms with Crippen molar-refractivity contribution < 1.29 is 9.53 Å². The van der Waals surface area contributed by atoms with Gasteiger partial charge in [-0.1, -0.05) is 26.2 Å². The molecule has 1 N–H and O–H groups in total. The second-order valence-corrected chi connectivity index (χ2v) is 7.39. The minimum Gasteiger partial charge on any atom is -0.366 e. The topological polar surface area (TPSA) is 44.8 Å². The molecule has 0 aromatic carbocycles. The quantitative estimate of drug-likeness (QED) is 0.854. The number of hydrogen-bond acceptors (Lipinski definition) is 4. The van der Waals surface area contributed by atoms with Gasteiger partial charge in [-0.2, -0.15) is 0 Å². The Balaban J connectivity index is 1.47. The lowest BCUT2D eigenvalue weighted by Gasteiger charge is -2.40. The highest BCUT2D eigenvalue weighted by Crippen LogP contribution is 2.25. The van der Waals surface area contributed by atoms with Crippen molar-refractivity contribution in [2.45, 2.75) is 70.1 Å². The molecule has 2 heterocycles. The minimum absolute atomic E-state index is 0.0960. The lowest BCUT2D eigenvalue weighted by molar-refractivity contribution is -0.139. The van der Waals surface area contributed by atoms with Gasteiger partial charge in [-0.05, 0) is 38.8 Å². The summed E-state index contributed by atoms with van der Waals surface area (Å²) in [6, 6.07) is 1.06. The van der Waals surface area contributed by atoms with E-state index in [1.807, 2.05) is 0 Å². The van der Waals surface area contributed by atoms with E-state index in [-0.39, 0.29) is 12.0 Å². The molecular formula is C18H33N3O2. The first kappa shape index (κ1) is 17.2. The van der Waals surface area contributed by atoms with Crippen LogP contribution in [0.5, 0.6) is 0 Å². The largest absolute Gasteiger partial charge is 0.366 e. The van der Waals surface area contributed by atoms with Gasteiger partial charge in [0.25, 0.3) is 5.91 Å². The SMILES string of the molecule is CCN1CCOC(C(=O)NC2CCCN(C3CCCCC3)C2)C1. The molecule has 1 saturated carbocycles. The Hall–Kier alpha value is -0.650. The lowest BCUT2D eigenvalue weighted by Crippen LogP contribution is -2.56. The number of ether oxygens (including phenoxy) is 1. The monoisotopic (exact) mass is 323 g/mol. The summed E-state index contributed by atoms with van der Waals surface area (Å²) in [5, 5.41) is 3.27. The number of morpholine rings is 1. The molecule has 1 amide bonds. The molecule has 2 unspecified atom stereocenters. The third kappa shape index (κ3) is 4.68. The number of piperidine rings is 1. The molecule has 2 saturated heterocycles. The number of likely N-dealkylation sites (N-methyl/N-ethyl adjacent to an activating group) is 1. The highest BCUT2D eigenvalue weighted by molar-refractivity contribution is 5.81. The Morgan fingerprint density at radius 1 is 1.09 bits per heavy atom. The molecule has 0 bridgehead atoms. The van der Waals surface area contributed by atoms with Crippen molar-refractivity contribution in [1.29, 1.82) is 0 Å². The normalized spacial score (nSPS) is 31.9. The van der Waals surface area contributed by atoms with Gasteiger partial charge in [-0.3, -0.25) is 14.6 Å². The predicted molar refractivity (Wildman–Crippen MR) is 91.5 cm³/mol. The van der Waals surface area contributed by atoms with E-state index in [1.165, 1.54) is 45.1 Å². The zero-order valence-electron chi connectivity index (χ0n) is 14.6. The van der Waals surface area contributed by atoms with Crippen molar-refractivity contribution >= 4 is 5.91 Å². The molecule has 0 aromatic rings. The van der Waals surface area contributed by atoms with E-state index in [2.05, 4.69) is 22.0 Å². The second kappa shape index (κ2) is 8.45. The highest BCUT2D eigenvalue weighted by atomic mass is 16.5. The first-order chi connectivity index (χ1) is 11.3. The Morgan fingerprint density at radius 2 is 1.91 bits per heavy atom. The average Bonchev–Trinajstić information content (AvgIpc) is 2.63. The van der Waals surface area contributed by atoms with Gasteiger partial charge in [0.05, 0.1) is 6.61 Å². The predicted octanol–water partition coefficient (Wildman–Crippen LogP) is 1.62. The van der Waals surface area contributed by atoms with Crippen molar-refractivity contribution in [2.24, 2.45) is 0 Å². The summed E-state index contributed by atoms with van der Waals surface area (Å²) in [6.45, 7) is 7.72. The van der Waals surface area contributed by atoms with E-state index in [4.69, 9.17) is 4.74 Å². The number of rotatable bonds is 4. The fraction of sp³-hybridized carbons (Fsp3) is 0.944. The van der Waals surface area contributed by atoms with E-state index in [1.54, 1.807) is 0 Å². The van der Waals surface area contributed by atoms with Crippen LogP contribution in [-0.2, 0) is 9.53 Å². The van der Waals surface area contributed by atoms with Crippen LogP contribution in [0.2, 0.25) is 0 Å². The van der Waals surface area contributed by atoms with Crippen molar-refractivity contribution in [1.82, 2.24) is 15.1 Å². The molecule has 2 atom stereocenters.